The van der Waals surface area contributed by atoms with Gasteiger partial charge in [0.1, 0.15) is 24.7 Å². The van der Waals surface area contributed by atoms with Gasteiger partial charge >= 0.3 is 0 Å². The third-order valence-electron chi connectivity index (χ3n) is 7.00. The van der Waals surface area contributed by atoms with Crippen LogP contribution in [0.15, 0.2) is 103 Å². The van der Waals surface area contributed by atoms with E-state index >= 15 is 0 Å². The predicted octanol–water partition coefficient (Wildman–Crippen LogP) is 5.34. The molecule has 0 aliphatic heterocycles. The Hall–Kier alpha value is -4.19. The van der Waals surface area contributed by atoms with Crippen molar-refractivity contribution < 1.29 is 19.7 Å². The highest BCUT2D eigenvalue weighted by molar-refractivity contribution is 5.92. The summed E-state index contributed by atoms with van der Waals surface area (Å²) in [5.74, 6) is 1.41. The maximum absolute atomic E-state index is 9.17. The smallest absolute Gasteiger partial charge is 0.119 e. The van der Waals surface area contributed by atoms with Gasteiger partial charge in [0, 0.05) is 10.9 Å². The molecule has 6 rings (SSSR count). The van der Waals surface area contributed by atoms with Gasteiger partial charge in [0.15, 0.2) is 0 Å². The number of pyridine rings is 1. The van der Waals surface area contributed by atoms with E-state index in [1.165, 1.54) is 5.56 Å². The number of nitrogens with zero attached hydrogens (tertiary/aromatic N) is 1. The number of fused-ring (bicyclic) bond motifs is 4. The van der Waals surface area contributed by atoms with E-state index in [0.717, 1.165) is 38.9 Å². The molecule has 0 atom stereocenters. The van der Waals surface area contributed by atoms with Gasteiger partial charge in [-0.1, -0.05) is 66.7 Å². The fourth-order valence-electron chi connectivity index (χ4n) is 5.46. The molecule has 0 saturated heterocycles. The molecule has 0 saturated carbocycles. The minimum atomic E-state index is -0.652. The van der Waals surface area contributed by atoms with Crippen LogP contribution in [0, 0.1) is 0 Å². The Morgan fingerprint density at radius 2 is 1.19 bits per heavy atom. The first-order valence-electron chi connectivity index (χ1n) is 12.4. The molecule has 0 bridgehead atoms. The van der Waals surface area contributed by atoms with Gasteiger partial charge < -0.3 is 19.7 Å². The zero-order chi connectivity index (χ0) is 25.2. The van der Waals surface area contributed by atoms with Crippen LogP contribution in [0.2, 0.25) is 0 Å². The van der Waals surface area contributed by atoms with Crippen molar-refractivity contribution in [2.75, 3.05) is 26.4 Å². The molecule has 37 heavy (non-hydrogen) atoms. The summed E-state index contributed by atoms with van der Waals surface area (Å²) < 4.78 is 11.3. The maximum Gasteiger partial charge on any atom is 0.119 e. The Kier molecular flexibility index (Phi) is 6.08. The first-order chi connectivity index (χ1) is 18.3. The normalized spacial score (nSPS) is 13.2. The van der Waals surface area contributed by atoms with Crippen molar-refractivity contribution >= 4 is 10.9 Å². The lowest BCUT2D eigenvalue weighted by Crippen LogP contribution is -2.29. The third-order valence-corrected chi connectivity index (χ3v) is 7.00. The number of rotatable bonds is 8. The summed E-state index contributed by atoms with van der Waals surface area (Å²) in [4.78, 5) is 5.29. The Morgan fingerprint density at radius 3 is 1.81 bits per heavy atom. The number of aliphatic hydroxyl groups is 2. The van der Waals surface area contributed by atoms with Crippen molar-refractivity contribution in [2.24, 2.45) is 0 Å². The van der Waals surface area contributed by atoms with E-state index in [1.807, 2.05) is 36.4 Å². The van der Waals surface area contributed by atoms with Crippen molar-refractivity contribution in [3.63, 3.8) is 0 Å². The molecule has 1 heterocycles. The van der Waals surface area contributed by atoms with Gasteiger partial charge in [-0.25, -0.2) is 0 Å². The van der Waals surface area contributed by atoms with Gasteiger partial charge in [0.05, 0.1) is 29.8 Å². The Bertz CT molecular complexity index is 1490. The highest BCUT2D eigenvalue weighted by Crippen LogP contribution is 2.56. The second-order valence-corrected chi connectivity index (χ2v) is 9.07. The number of aliphatic hydroxyl groups excluding tert-OH is 2. The Balaban J connectivity index is 1.63. The second-order valence-electron chi connectivity index (χ2n) is 9.07. The first kappa shape index (κ1) is 23.2. The minimum Gasteiger partial charge on any atom is -0.491 e. The topological polar surface area (TPSA) is 71.8 Å². The summed E-state index contributed by atoms with van der Waals surface area (Å²) in [6, 6.07) is 35.1. The Labute approximate surface area is 215 Å². The van der Waals surface area contributed by atoms with E-state index < -0.39 is 5.41 Å². The summed E-state index contributed by atoms with van der Waals surface area (Å²) in [6.45, 7) is 0.431. The van der Waals surface area contributed by atoms with Crippen molar-refractivity contribution in [1.82, 2.24) is 4.98 Å². The van der Waals surface area contributed by atoms with Crippen molar-refractivity contribution in [1.29, 1.82) is 0 Å². The second kappa shape index (κ2) is 9.69. The van der Waals surface area contributed by atoms with Gasteiger partial charge in [-0.15, -0.1) is 0 Å². The van der Waals surface area contributed by atoms with Crippen molar-refractivity contribution in [3.05, 3.63) is 126 Å². The molecule has 4 aromatic carbocycles. The summed E-state index contributed by atoms with van der Waals surface area (Å²) in [7, 11) is 0. The van der Waals surface area contributed by atoms with Crippen LogP contribution in [-0.4, -0.2) is 41.6 Å². The molecule has 5 heteroatoms. The monoisotopic (exact) mass is 489 g/mol. The number of hydrogen-bond donors (Lipinski definition) is 2. The van der Waals surface area contributed by atoms with Crippen LogP contribution < -0.4 is 9.47 Å². The number of aromatic nitrogens is 1. The molecule has 1 aliphatic carbocycles. The minimum absolute atomic E-state index is 0.0336. The molecule has 5 aromatic rings. The first-order valence-corrected chi connectivity index (χ1v) is 12.4. The summed E-state index contributed by atoms with van der Waals surface area (Å²) in [5.41, 5.74) is 6.88. The van der Waals surface area contributed by atoms with Gasteiger partial charge in [-0.2, -0.15) is 0 Å². The van der Waals surface area contributed by atoms with E-state index in [0.29, 0.717) is 11.5 Å². The Morgan fingerprint density at radius 1 is 0.622 bits per heavy atom. The van der Waals surface area contributed by atoms with Crippen molar-refractivity contribution in [2.45, 2.75) is 5.41 Å². The van der Waals surface area contributed by atoms with Crippen molar-refractivity contribution in [3.8, 4) is 22.6 Å². The van der Waals surface area contributed by atoms with Crippen LogP contribution in [-0.2, 0) is 5.41 Å². The molecule has 1 aromatic heterocycles. The van der Waals surface area contributed by atoms with Gasteiger partial charge in [0.25, 0.3) is 0 Å². The fraction of sp³-hybridized carbons (Fsp3) is 0.156. The summed E-state index contributed by atoms with van der Waals surface area (Å²) in [5, 5.41) is 19.4. The average Bonchev–Trinajstić information content (AvgIpc) is 3.24. The molecule has 0 amide bonds. The van der Waals surface area contributed by atoms with E-state index in [2.05, 4.69) is 66.7 Å². The number of para-hydroxylation sites is 1. The molecule has 2 N–H and O–H groups in total. The molecular formula is C32H27NO4. The number of benzene rings is 4. The standard InChI is InChI=1S/C32H27NO4/c34-17-19-36-25-13-9-23(10-14-25)32(24-11-15-26(16-12-24)37-20-18-35)29-7-3-2-6-27(29)28-21-22-5-1-4-8-30(22)33-31(28)32/h1-16,21,34-35H,17-20H2. The van der Waals surface area contributed by atoms with E-state index in [1.54, 1.807) is 0 Å². The quantitative estimate of drug-likeness (QED) is 0.302. The zero-order valence-corrected chi connectivity index (χ0v) is 20.3. The van der Waals surface area contributed by atoms with Crippen LogP contribution in [0.25, 0.3) is 22.0 Å². The fourth-order valence-corrected chi connectivity index (χ4v) is 5.46. The van der Waals surface area contributed by atoms with Crippen LogP contribution in [0.3, 0.4) is 0 Å². The third kappa shape index (κ3) is 3.84. The van der Waals surface area contributed by atoms with Gasteiger partial charge in [-0.3, -0.25) is 4.98 Å². The molecular weight excluding hydrogens is 462 g/mol. The van der Waals surface area contributed by atoms with Gasteiger partial charge in [0.2, 0.25) is 0 Å². The van der Waals surface area contributed by atoms with Crippen LogP contribution in [0.1, 0.15) is 22.4 Å². The lowest BCUT2D eigenvalue weighted by atomic mass is 9.69. The number of hydrogen-bond acceptors (Lipinski definition) is 5. The molecule has 1 aliphatic rings. The highest BCUT2D eigenvalue weighted by Gasteiger charge is 2.47. The highest BCUT2D eigenvalue weighted by atomic mass is 16.5. The largest absolute Gasteiger partial charge is 0.491 e. The molecule has 0 spiro atoms. The van der Waals surface area contributed by atoms with E-state index in [-0.39, 0.29) is 26.4 Å². The molecule has 184 valence electrons. The molecule has 0 unspecified atom stereocenters. The van der Waals surface area contributed by atoms with E-state index in [4.69, 9.17) is 24.7 Å². The lowest BCUT2D eigenvalue weighted by Gasteiger charge is -2.33. The molecule has 5 nitrogen and oxygen atoms in total. The maximum atomic E-state index is 9.17. The zero-order valence-electron chi connectivity index (χ0n) is 20.3. The lowest BCUT2D eigenvalue weighted by molar-refractivity contribution is 0.201. The average molecular weight is 490 g/mol. The van der Waals surface area contributed by atoms with Crippen LogP contribution in [0.5, 0.6) is 11.5 Å². The van der Waals surface area contributed by atoms with Gasteiger partial charge in [-0.05, 0) is 58.7 Å². The van der Waals surface area contributed by atoms with Crippen LogP contribution >= 0.6 is 0 Å². The van der Waals surface area contributed by atoms with E-state index in [9.17, 15) is 0 Å². The summed E-state index contributed by atoms with van der Waals surface area (Å²) >= 11 is 0. The summed E-state index contributed by atoms with van der Waals surface area (Å²) in [6.07, 6.45) is 0. The predicted molar refractivity (Wildman–Crippen MR) is 144 cm³/mol. The molecule has 0 fully saturated rings. The van der Waals surface area contributed by atoms with Crippen LogP contribution in [0.4, 0.5) is 0 Å². The number of ether oxygens (including phenoxy) is 2. The SMILES string of the molecule is OCCOc1ccc(C2(c3ccc(OCCO)cc3)c3ccccc3-c3cc4ccccc4nc32)cc1. The molecule has 0 radical (unpaired) electrons.